The van der Waals surface area contributed by atoms with Crippen molar-refractivity contribution in [1.29, 1.82) is 0 Å². The number of carbonyl (C=O) groups is 2. The number of rotatable bonds is 6. The standard InChI is InChI=1S/C17H23N3O5/c1-10-4-6-13(8-10)19-14-7-5-12(9-15(14)20(23)24)16(21)18-11(2)17(22)25-3/h5,7,9-11,13,19H,4,6,8H2,1-3H3,(H,18,21). The number of nitro benzene ring substituents is 1. The second-order valence-corrected chi connectivity index (χ2v) is 6.47. The van der Waals surface area contributed by atoms with Gasteiger partial charge in [-0.2, -0.15) is 0 Å². The minimum atomic E-state index is -0.839. The van der Waals surface area contributed by atoms with E-state index in [9.17, 15) is 19.7 Å². The number of carbonyl (C=O) groups excluding carboxylic acids is 2. The number of ether oxygens (including phenoxy) is 1. The van der Waals surface area contributed by atoms with Gasteiger partial charge in [0.15, 0.2) is 0 Å². The molecule has 0 radical (unpaired) electrons. The fraction of sp³-hybridized carbons (Fsp3) is 0.529. The number of amides is 1. The van der Waals surface area contributed by atoms with Gasteiger partial charge in [-0.25, -0.2) is 4.79 Å². The Kier molecular flexibility index (Phi) is 5.95. The lowest BCUT2D eigenvalue weighted by atomic mass is 10.1. The Bertz CT molecular complexity index is 676. The highest BCUT2D eigenvalue weighted by Crippen LogP contribution is 2.32. The molecule has 25 heavy (non-hydrogen) atoms. The summed E-state index contributed by atoms with van der Waals surface area (Å²) in [5, 5.41) is 17.0. The van der Waals surface area contributed by atoms with Crippen LogP contribution in [-0.4, -0.2) is 36.0 Å². The Morgan fingerprint density at radius 1 is 1.36 bits per heavy atom. The third-order valence-corrected chi connectivity index (χ3v) is 4.41. The Morgan fingerprint density at radius 3 is 2.64 bits per heavy atom. The van der Waals surface area contributed by atoms with Crippen molar-refractivity contribution in [3.8, 4) is 0 Å². The topological polar surface area (TPSA) is 111 Å². The second-order valence-electron chi connectivity index (χ2n) is 6.47. The monoisotopic (exact) mass is 349 g/mol. The van der Waals surface area contributed by atoms with Gasteiger partial charge in [-0.15, -0.1) is 0 Å². The van der Waals surface area contributed by atoms with Crippen LogP contribution in [-0.2, 0) is 9.53 Å². The number of nitrogens with one attached hydrogen (secondary N) is 2. The summed E-state index contributed by atoms with van der Waals surface area (Å²) in [4.78, 5) is 34.4. The van der Waals surface area contributed by atoms with Gasteiger partial charge in [0.2, 0.25) is 0 Å². The first-order chi connectivity index (χ1) is 11.8. The van der Waals surface area contributed by atoms with E-state index < -0.39 is 22.8 Å². The Balaban J connectivity index is 2.16. The van der Waals surface area contributed by atoms with Crippen LogP contribution in [0.5, 0.6) is 0 Å². The highest BCUT2D eigenvalue weighted by atomic mass is 16.6. The molecule has 1 amide bonds. The molecule has 0 saturated heterocycles. The number of nitrogens with zero attached hydrogens (tertiary/aromatic N) is 1. The lowest BCUT2D eigenvalue weighted by molar-refractivity contribution is -0.384. The van der Waals surface area contributed by atoms with E-state index >= 15 is 0 Å². The molecule has 1 aromatic carbocycles. The predicted molar refractivity (Wildman–Crippen MR) is 92.5 cm³/mol. The summed E-state index contributed by atoms with van der Waals surface area (Å²) in [6, 6.07) is 3.63. The van der Waals surface area contributed by atoms with Gasteiger partial charge in [-0.3, -0.25) is 14.9 Å². The molecule has 136 valence electrons. The summed E-state index contributed by atoms with van der Waals surface area (Å²) in [6.45, 7) is 3.64. The lowest BCUT2D eigenvalue weighted by Gasteiger charge is -2.15. The van der Waals surface area contributed by atoms with Crippen molar-refractivity contribution in [2.45, 2.75) is 45.2 Å². The fourth-order valence-corrected chi connectivity index (χ4v) is 3.02. The van der Waals surface area contributed by atoms with Crippen LogP contribution in [0.2, 0.25) is 0 Å². The molecule has 8 heteroatoms. The van der Waals surface area contributed by atoms with E-state index in [0.29, 0.717) is 11.6 Å². The zero-order chi connectivity index (χ0) is 18.6. The lowest BCUT2D eigenvalue weighted by Crippen LogP contribution is -2.39. The summed E-state index contributed by atoms with van der Waals surface area (Å²) < 4.78 is 4.54. The average molecular weight is 349 g/mol. The molecule has 0 spiro atoms. The highest BCUT2D eigenvalue weighted by Gasteiger charge is 2.25. The molecule has 1 saturated carbocycles. The molecule has 3 unspecified atom stereocenters. The third-order valence-electron chi connectivity index (χ3n) is 4.41. The Hall–Kier alpha value is -2.64. The van der Waals surface area contributed by atoms with Gasteiger partial charge in [0, 0.05) is 17.7 Å². The molecule has 1 aliphatic carbocycles. The number of anilines is 1. The molecular formula is C17H23N3O5. The molecule has 8 nitrogen and oxygen atoms in total. The molecule has 0 bridgehead atoms. The van der Waals surface area contributed by atoms with Gasteiger partial charge in [-0.05, 0) is 44.2 Å². The van der Waals surface area contributed by atoms with Crippen LogP contribution in [0.3, 0.4) is 0 Å². The summed E-state index contributed by atoms with van der Waals surface area (Å²) in [5.74, 6) is -0.556. The largest absolute Gasteiger partial charge is 0.467 e. The summed E-state index contributed by atoms with van der Waals surface area (Å²) in [5.41, 5.74) is 0.368. The van der Waals surface area contributed by atoms with Gasteiger partial charge in [0.1, 0.15) is 11.7 Å². The van der Waals surface area contributed by atoms with E-state index in [2.05, 4.69) is 22.3 Å². The van der Waals surface area contributed by atoms with Crippen molar-refractivity contribution in [2.24, 2.45) is 5.92 Å². The van der Waals surface area contributed by atoms with Crippen LogP contribution in [0.15, 0.2) is 18.2 Å². The van der Waals surface area contributed by atoms with Gasteiger partial charge in [-0.1, -0.05) is 6.92 Å². The van der Waals surface area contributed by atoms with Crippen LogP contribution in [0, 0.1) is 16.0 Å². The van der Waals surface area contributed by atoms with Gasteiger partial charge >= 0.3 is 5.97 Å². The normalized spacial score (nSPS) is 20.6. The smallest absolute Gasteiger partial charge is 0.328 e. The molecule has 0 aromatic heterocycles. The fourth-order valence-electron chi connectivity index (χ4n) is 3.02. The quantitative estimate of drug-likeness (QED) is 0.464. The van der Waals surface area contributed by atoms with Crippen LogP contribution >= 0.6 is 0 Å². The molecule has 0 heterocycles. The van der Waals surface area contributed by atoms with Crippen LogP contribution < -0.4 is 10.6 Å². The van der Waals surface area contributed by atoms with E-state index in [1.54, 1.807) is 6.07 Å². The number of hydrogen-bond acceptors (Lipinski definition) is 6. The Morgan fingerprint density at radius 2 is 2.08 bits per heavy atom. The van der Waals surface area contributed by atoms with E-state index in [4.69, 9.17) is 0 Å². The molecule has 2 N–H and O–H groups in total. The Labute approximate surface area is 146 Å². The second kappa shape index (κ2) is 7.96. The van der Waals surface area contributed by atoms with E-state index in [1.807, 2.05) is 0 Å². The molecule has 3 atom stereocenters. The third kappa shape index (κ3) is 4.68. The summed E-state index contributed by atoms with van der Waals surface area (Å²) in [7, 11) is 1.22. The summed E-state index contributed by atoms with van der Waals surface area (Å²) in [6.07, 6.45) is 3.03. The van der Waals surface area contributed by atoms with Gasteiger partial charge in [0.25, 0.3) is 11.6 Å². The van der Waals surface area contributed by atoms with Crippen molar-refractivity contribution in [1.82, 2.24) is 5.32 Å². The van der Waals surface area contributed by atoms with Crippen LogP contribution in [0.25, 0.3) is 0 Å². The maximum atomic E-state index is 12.2. The van der Waals surface area contributed by atoms with Gasteiger partial charge < -0.3 is 15.4 Å². The van der Waals surface area contributed by atoms with Crippen molar-refractivity contribution >= 4 is 23.3 Å². The first kappa shape index (κ1) is 18.7. The number of nitro groups is 1. The zero-order valence-electron chi connectivity index (χ0n) is 14.6. The van der Waals surface area contributed by atoms with E-state index in [1.165, 1.54) is 26.2 Å². The number of benzene rings is 1. The van der Waals surface area contributed by atoms with Crippen molar-refractivity contribution < 1.29 is 19.2 Å². The molecule has 1 aliphatic rings. The van der Waals surface area contributed by atoms with E-state index in [0.717, 1.165) is 19.3 Å². The SMILES string of the molecule is COC(=O)C(C)NC(=O)c1ccc(NC2CCC(C)C2)c([N+](=O)[O-])c1. The first-order valence-electron chi connectivity index (χ1n) is 8.25. The zero-order valence-corrected chi connectivity index (χ0v) is 14.6. The minimum Gasteiger partial charge on any atom is -0.467 e. The summed E-state index contributed by atoms with van der Waals surface area (Å²) >= 11 is 0. The molecular weight excluding hydrogens is 326 g/mol. The van der Waals surface area contributed by atoms with Crippen LogP contribution in [0.4, 0.5) is 11.4 Å². The maximum Gasteiger partial charge on any atom is 0.328 e. The van der Waals surface area contributed by atoms with Crippen LogP contribution in [0.1, 0.15) is 43.5 Å². The number of esters is 1. The van der Waals surface area contributed by atoms with Crippen molar-refractivity contribution in [3.05, 3.63) is 33.9 Å². The van der Waals surface area contributed by atoms with Crippen molar-refractivity contribution in [2.75, 3.05) is 12.4 Å². The number of hydrogen-bond donors (Lipinski definition) is 2. The molecule has 1 aromatic rings. The minimum absolute atomic E-state index is 0.118. The van der Waals surface area contributed by atoms with Crippen molar-refractivity contribution in [3.63, 3.8) is 0 Å². The maximum absolute atomic E-state index is 12.2. The molecule has 1 fully saturated rings. The predicted octanol–water partition coefficient (Wildman–Crippen LogP) is 2.49. The van der Waals surface area contributed by atoms with Gasteiger partial charge in [0.05, 0.1) is 12.0 Å². The molecule has 0 aliphatic heterocycles. The first-order valence-corrected chi connectivity index (χ1v) is 8.25. The number of methoxy groups -OCH3 is 1. The highest BCUT2D eigenvalue weighted by molar-refractivity contribution is 5.97. The molecule has 2 rings (SSSR count). The van der Waals surface area contributed by atoms with E-state index in [-0.39, 0.29) is 17.3 Å². The average Bonchev–Trinajstić information content (AvgIpc) is 2.98.